The van der Waals surface area contributed by atoms with E-state index in [0.717, 1.165) is 18.4 Å². The third-order valence-corrected chi connectivity index (χ3v) is 5.13. The topological polar surface area (TPSA) is 73.1 Å². The van der Waals surface area contributed by atoms with Gasteiger partial charge in [-0.3, -0.25) is 9.48 Å². The van der Waals surface area contributed by atoms with Crippen LogP contribution in [0.1, 0.15) is 23.3 Å². The predicted octanol–water partition coefficient (Wildman–Crippen LogP) is 2.95. The molecule has 0 bridgehead atoms. The Hall–Kier alpha value is -3.29. The minimum Gasteiger partial charge on any atom is -0.463 e. The van der Waals surface area contributed by atoms with Gasteiger partial charge in [0, 0.05) is 38.1 Å². The van der Waals surface area contributed by atoms with Crippen molar-refractivity contribution in [2.75, 3.05) is 19.7 Å². The number of piperidine rings is 1. The van der Waals surface area contributed by atoms with Crippen LogP contribution in [0.2, 0.25) is 0 Å². The summed E-state index contributed by atoms with van der Waals surface area (Å²) in [6, 6.07) is 9.99. The first-order valence-electron chi connectivity index (χ1n) is 9.59. The molecule has 1 aliphatic rings. The maximum atomic E-state index is 13.1. The number of aryl methyl sites for hydroxylation is 1. The number of benzene rings is 1. The van der Waals surface area contributed by atoms with Crippen molar-refractivity contribution in [3.05, 3.63) is 60.3 Å². The quantitative estimate of drug-likeness (QED) is 0.664. The van der Waals surface area contributed by atoms with Gasteiger partial charge in [-0.05, 0) is 55.2 Å². The molecule has 0 unspecified atom stereocenters. The van der Waals surface area contributed by atoms with E-state index in [-0.39, 0.29) is 11.7 Å². The lowest BCUT2D eigenvalue weighted by Crippen LogP contribution is -2.40. The highest BCUT2D eigenvalue weighted by molar-refractivity contribution is 5.93. The van der Waals surface area contributed by atoms with Crippen molar-refractivity contribution < 1.29 is 13.9 Å². The molecule has 29 heavy (non-hydrogen) atoms. The minimum atomic E-state index is -0.299. The molecule has 0 atom stereocenters. The third-order valence-electron chi connectivity index (χ3n) is 5.13. The summed E-state index contributed by atoms with van der Waals surface area (Å²) in [5, 5.41) is 4.42. The number of carbonyl (C=O) groups is 1. The fourth-order valence-electron chi connectivity index (χ4n) is 3.45. The highest BCUT2D eigenvalue weighted by atomic mass is 19.1. The van der Waals surface area contributed by atoms with Crippen LogP contribution >= 0.6 is 0 Å². The van der Waals surface area contributed by atoms with Crippen LogP contribution in [0.15, 0.2) is 48.8 Å². The molecule has 1 amide bonds. The van der Waals surface area contributed by atoms with Crippen molar-refractivity contribution in [2.24, 2.45) is 13.0 Å². The van der Waals surface area contributed by atoms with Gasteiger partial charge < -0.3 is 9.64 Å². The van der Waals surface area contributed by atoms with Gasteiger partial charge in [-0.15, -0.1) is 0 Å². The summed E-state index contributed by atoms with van der Waals surface area (Å²) in [7, 11) is 1.75. The van der Waals surface area contributed by atoms with E-state index in [0.29, 0.717) is 43.0 Å². The fourth-order valence-corrected chi connectivity index (χ4v) is 3.45. The molecular weight excluding hydrogens is 373 g/mol. The molecule has 0 N–H and O–H groups in total. The van der Waals surface area contributed by atoms with Gasteiger partial charge in [0.25, 0.3) is 5.91 Å². The molecule has 0 spiro atoms. The summed E-state index contributed by atoms with van der Waals surface area (Å²) in [4.78, 5) is 22.9. The van der Waals surface area contributed by atoms with E-state index in [4.69, 9.17) is 4.74 Å². The summed E-state index contributed by atoms with van der Waals surface area (Å²) >= 11 is 0. The van der Waals surface area contributed by atoms with Gasteiger partial charge in [0.1, 0.15) is 11.5 Å². The van der Waals surface area contributed by atoms with Crippen LogP contribution < -0.4 is 4.74 Å². The van der Waals surface area contributed by atoms with Crippen molar-refractivity contribution in [1.29, 1.82) is 0 Å². The Morgan fingerprint density at radius 1 is 1.17 bits per heavy atom. The number of halogens is 1. The van der Waals surface area contributed by atoms with Crippen LogP contribution in [0.4, 0.5) is 4.39 Å². The van der Waals surface area contributed by atoms with Crippen LogP contribution in [-0.2, 0) is 7.05 Å². The number of ether oxygens (including phenoxy) is 1. The first-order valence-corrected chi connectivity index (χ1v) is 9.59. The number of likely N-dealkylation sites (tertiary alicyclic amines) is 1. The molecule has 3 heterocycles. The molecule has 1 aromatic carbocycles. The number of hydrogen-bond acceptors (Lipinski definition) is 5. The summed E-state index contributed by atoms with van der Waals surface area (Å²) in [5.74, 6) is 0.0231. The van der Waals surface area contributed by atoms with Gasteiger partial charge in [0.2, 0.25) is 0 Å². The van der Waals surface area contributed by atoms with E-state index in [1.807, 2.05) is 4.90 Å². The SMILES string of the molecule is Cn1nc(-c2ccc(F)cc2)cc1C(=O)N1CCC(COc2ncccn2)CC1. The number of nitrogens with zero attached hydrogens (tertiary/aromatic N) is 5. The normalized spacial score (nSPS) is 14.8. The molecule has 3 aromatic rings. The maximum Gasteiger partial charge on any atom is 0.316 e. The zero-order chi connectivity index (χ0) is 20.2. The highest BCUT2D eigenvalue weighted by Gasteiger charge is 2.26. The predicted molar refractivity (Wildman–Crippen MR) is 105 cm³/mol. The molecule has 2 aromatic heterocycles. The monoisotopic (exact) mass is 395 g/mol. The van der Waals surface area contributed by atoms with Gasteiger partial charge >= 0.3 is 6.01 Å². The summed E-state index contributed by atoms with van der Waals surface area (Å²) in [6.45, 7) is 1.88. The van der Waals surface area contributed by atoms with Gasteiger partial charge in [0.05, 0.1) is 12.3 Å². The molecule has 150 valence electrons. The van der Waals surface area contributed by atoms with Crippen LogP contribution in [0.5, 0.6) is 6.01 Å². The largest absolute Gasteiger partial charge is 0.463 e. The van der Waals surface area contributed by atoms with Crippen LogP contribution in [0.3, 0.4) is 0 Å². The third kappa shape index (κ3) is 4.42. The van der Waals surface area contributed by atoms with E-state index in [9.17, 15) is 9.18 Å². The smallest absolute Gasteiger partial charge is 0.316 e. The first kappa shape index (κ1) is 19.0. The van der Waals surface area contributed by atoms with E-state index < -0.39 is 0 Å². The Bertz CT molecular complexity index is 966. The Morgan fingerprint density at radius 3 is 2.55 bits per heavy atom. The first-order chi connectivity index (χ1) is 14.1. The second-order valence-electron chi connectivity index (χ2n) is 7.12. The summed E-state index contributed by atoms with van der Waals surface area (Å²) in [5.41, 5.74) is 1.96. The molecule has 1 saturated heterocycles. The van der Waals surface area contributed by atoms with Gasteiger partial charge in [-0.2, -0.15) is 5.10 Å². The second kappa shape index (κ2) is 8.38. The Balaban J connectivity index is 1.35. The van der Waals surface area contributed by atoms with Crippen molar-refractivity contribution >= 4 is 5.91 Å². The minimum absolute atomic E-state index is 0.0425. The highest BCUT2D eigenvalue weighted by Crippen LogP contribution is 2.23. The van der Waals surface area contributed by atoms with Gasteiger partial charge in [-0.1, -0.05) is 0 Å². The van der Waals surface area contributed by atoms with Gasteiger partial charge in [0.15, 0.2) is 0 Å². The number of amides is 1. The van der Waals surface area contributed by atoms with E-state index >= 15 is 0 Å². The molecule has 7 nitrogen and oxygen atoms in total. The molecule has 0 radical (unpaired) electrons. The Labute approximate surface area is 168 Å². The molecule has 1 aliphatic heterocycles. The van der Waals surface area contributed by atoms with Gasteiger partial charge in [-0.25, -0.2) is 14.4 Å². The van der Waals surface area contributed by atoms with E-state index in [1.165, 1.54) is 12.1 Å². The molecule has 1 fully saturated rings. The van der Waals surface area contributed by atoms with Crippen LogP contribution in [0, 0.1) is 11.7 Å². The fraction of sp³-hybridized carbons (Fsp3) is 0.333. The van der Waals surface area contributed by atoms with Crippen LogP contribution in [0.25, 0.3) is 11.3 Å². The molecule has 0 saturated carbocycles. The van der Waals surface area contributed by atoms with E-state index in [2.05, 4.69) is 15.1 Å². The molecule has 8 heteroatoms. The molecular formula is C21H22FN5O2. The number of carbonyl (C=O) groups excluding carboxylic acids is 1. The van der Waals surface area contributed by atoms with E-state index in [1.54, 1.807) is 48.4 Å². The maximum absolute atomic E-state index is 13.1. The summed E-state index contributed by atoms with van der Waals surface area (Å²) in [6.07, 6.45) is 5.03. The standard InChI is InChI=1S/C21H22FN5O2/c1-26-19(13-18(25-26)16-3-5-17(22)6-4-16)20(28)27-11-7-15(8-12-27)14-29-21-23-9-2-10-24-21/h2-6,9-10,13,15H,7-8,11-12,14H2,1H3. The van der Waals surface area contributed by atoms with Crippen molar-refractivity contribution in [2.45, 2.75) is 12.8 Å². The zero-order valence-electron chi connectivity index (χ0n) is 16.2. The second-order valence-corrected chi connectivity index (χ2v) is 7.12. The zero-order valence-corrected chi connectivity index (χ0v) is 16.2. The average molecular weight is 395 g/mol. The Morgan fingerprint density at radius 2 is 1.86 bits per heavy atom. The Kier molecular flexibility index (Phi) is 5.50. The lowest BCUT2D eigenvalue weighted by molar-refractivity contribution is 0.0646. The number of aromatic nitrogens is 4. The van der Waals surface area contributed by atoms with Crippen molar-refractivity contribution in [1.82, 2.24) is 24.6 Å². The van der Waals surface area contributed by atoms with Crippen LogP contribution in [-0.4, -0.2) is 50.3 Å². The number of rotatable bonds is 5. The van der Waals surface area contributed by atoms with Crippen molar-refractivity contribution in [3.8, 4) is 17.3 Å². The van der Waals surface area contributed by atoms with Crippen molar-refractivity contribution in [3.63, 3.8) is 0 Å². The number of hydrogen-bond donors (Lipinski definition) is 0. The lowest BCUT2D eigenvalue weighted by Gasteiger charge is -2.31. The molecule has 0 aliphatic carbocycles. The lowest BCUT2D eigenvalue weighted by atomic mass is 9.97. The molecule has 4 rings (SSSR count). The summed E-state index contributed by atoms with van der Waals surface area (Å²) < 4.78 is 20.4. The average Bonchev–Trinajstić information content (AvgIpc) is 3.15.